The maximum Gasteiger partial charge on any atom is 0.257 e. The molecule has 0 saturated carbocycles. The Morgan fingerprint density at radius 2 is 1.89 bits per heavy atom. The average Bonchev–Trinajstić information content (AvgIpc) is 3.06. The van der Waals surface area contributed by atoms with Gasteiger partial charge in [-0.2, -0.15) is 0 Å². The van der Waals surface area contributed by atoms with Crippen molar-refractivity contribution in [2.45, 2.75) is 26.7 Å². The molecule has 0 radical (unpaired) electrons. The van der Waals surface area contributed by atoms with Crippen LogP contribution >= 0.6 is 0 Å². The van der Waals surface area contributed by atoms with Crippen molar-refractivity contribution in [3.05, 3.63) is 107 Å². The van der Waals surface area contributed by atoms with E-state index in [9.17, 15) is 14.0 Å². The van der Waals surface area contributed by atoms with Gasteiger partial charge in [-0.25, -0.2) is 9.37 Å². The second kappa shape index (κ2) is 8.58. The standard InChI is InChI=1S/C28H25FN4O2/c1-17-22(26(34)32-20-12-10-19(29)11-13-20)15-18(16-31-17)21-7-6-8-23-25(21)28(2,3)27(35)33(23)24-9-4-5-14-30-24/h4-16,21,25H,1-3H3,(H,32,34). The van der Waals surface area contributed by atoms with Gasteiger partial charge >= 0.3 is 0 Å². The van der Waals surface area contributed by atoms with Crippen molar-refractivity contribution in [3.8, 4) is 0 Å². The number of allylic oxidation sites excluding steroid dienone is 4. The quantitative estimate of drug-likeness (QED) is 0.556. The summed E-state index contributed by atoms with van der Waals surface area (Å²) in [6, 6.07) is 13.0. The Balaban J connectivity index is 1.49. The molecule has 1 aromatic carbocycles. The molecular formula is C28H25FN4O2. The highest BCUT2D eigenvalue weighted by Crippen LogP contribution is 2.53. The number of aromatic nitrogens is 2. The summed E-state index contributed by atoms with van der Waals surface area (Å²) in [7, 11) is 0. The minimum absolute atomic E-state index is 0.0181. The molecular weight excluding hydrogens is 443 g/mol. The van der Waals surface area contributed by atoms with Crippen LogP contribution in [0, 0.1) is 24.1 Å². The summed E-state index contributed by atoms with van der Waals surface area (Å²) < 4.78 is 13.2. The van der Waals surface area contributed by atoms with Crippen molar-refractivity contribution in [2.24, 2.45) is 11.3 Å². The number of hydrogen-bond donors (Lipinski definition) is 1. The lowest BCUT2D eigenvalue weighted by Crippen LogP contribution is -2.33. The first-order valence-corrected chi connectivity index (χ1v) is 11.4. The van der Waals surface area contributed by atoms with Crippen LogP contribution in [0.15, 0.2) is 84.8 Å². The first-order valence-electron chi connectivity index (χ1n) is 11.4. The minimum atomic E-state index is -0.694. The number of hydrogen-bond acceptors (Lipinski definition) is 4. The van der Waals surface area contributed by atoms with Gasteiger partial charge in [0.1, 0.15) is 11.6 Å². The van der Waals surface area contributed by atoms with Crippen LogP contribution in [0.25, 0.3) is 0 Å². The van der Waals surface area contributed by atoms with Crippen LogP contribution in [-0.4, -0.2) is 21.8 Å². The van der Waals surface area contributed by atoms with Gasteiger partial charge in [0.15, 0.2) is 0 Å². The Hall–Kier alpha value is -4.13. The molecule has 2 amide bonds. The molecule has 2 aliphatic rings. The van der Waals surface area contributed by atoms with Gasteiger partial charge in [-0.15, -0.1) is 0 Å². The molecule has 35 heavy (non-hydrogen) atoms. The summed E-state index contributed by atoms with van der Waals surface area (Å²) in [5.74, 6) is -0.432. The number of rotatable bonds is 4. The van der Waals surface area contributed by atoms with E-state index in [0.717, 1.165) is 11.3 Å². The van der Waals surface area contributed by atoms with E-state index in [1.165, 1.54) is 24.3 Å². The van der Waals surface area contributed by atoms with E-state index in [1.807, 2.05) is 50.3 Å². The van der Waals surface area contributed by atoms with Gasteiger partial charge in [0.25, 0.3) is 5.91 Å². The van der Waals surface area contributed by atoms with E-state index in [-0.39, 0.29) is 29.5 Å². The molecule has 1 saturated heterocycles. The number of benzene rings is 1. The number of carbonyl (C=O) groups excluding carboxylic acids is 2. The third kappa shape index (κ3) is 3.93. The summed E-state index contributed by atoms with van der Waals surface area (Å²) in [5, 5.41) is 2.81. The first kappa shape index (κ1) is 22.7. The molecule has 7 heteroatoms. The summed E-state index contributed by atoms with van der Waals surface area (Å²) >= 11 is 0. The topological polar surface area (TPSA) is 75.2 Å². The fourth-order valence-electron chi connectivity index (χ4n) is 4.96. The normalized spacial score (nSPS) is 20.4. The van der Waals surface area contributed by atoms with Crippen molar-refractivity contribution in [3.63, 3.8) is 0 Å². The molecule has 2 aromatic heterocycles. The lowest BCUT2D eigenvalue weighted by molar-refractivity contribution is -0.125. The molecule has 0 spiro atoms. The van der Waals surface area contributed by atoms with Crippen LogP contribution in [-0.2, 0) is 4.79 Å². The van der Waals surface area contributed by atoms with Crippen molar-refractivity contribution in [2.75, 3.05) is 10.2 Å². The number of nitrogens with one attached hydrogen (secondary N) is 1. The van der Waals surface area contributed by atoms with Crippen LogP contribution in [0.5, 0.6) is 0 Å². The number of carbonyl (C=O) groups is 2. The minimum Gasteiger partial charge on any atom is -0.322 e. The molecule has 1 aliphatic heterocycles. The second-order valence-corrected chi connectivity index (χ2v) is 9.39. The fourth-order valence-corrected chi connectivity index (χ4v) is 4.96. The SMILES string of the molecule is Cc1ncc(C2C=CC=C3C2C(C)(C)C(=O)N3c2ccccn2)cc1C(=O)Nc1ccc(F)cc1. The Morgan fingerprint density at radius 1 is 1.11 bits per heavy atom. The Morgan fingerprint density at radius 3 is 2.60 bits per heavy atom. The van der Waals surface area contributed by atoms with E-state index in [1.54, 1.807) is 24.2 Å². The summed E-state index contributed by atoms with van der Waals surface area (Å²) in [5.41, 5.74) is 2.54. The zero-order valence-electron chi connectivity index (χ0n) is 19.7. The van der Waals surface area contributed by atoms with Gasteiger partial charge < -0.3 is 5.32 Å². The maximum atomic E-state index is 13.5. The Kier molecular flexibility index (Phi) is 5.55. The molecule has 1 N–H and O–H groups in total. The third-order valence-electron chi connectivity index (χ3n) is 6.77. The molecule has 5 rings (SSSR count). The van der Waals surface area contributed by atoms with E-state index >= 15 is 0 Å². The molecule has 3 heterocycles. The Labute approximate surface area is 203 Å². The van der Waals surface area contributed by atoms with Gasteiger partial charge in [-0.05, 0) is 61.0 Å². The van der Waals surface area contributed by atoms with Crippen LogP contribution in [0.2, 0.25) is 0 Å². The summed E-state index contributed by atoms with van der Waals surface area (Å²) in [6.45, 7) is 5.68. The third-order valence-corrected chi connectivity index (χ3v) is 6.77. The molecule has 0 bridgehead atoms. The van der Waals surface area contributed by atoms with Gasteiger partial charge in [0.2, 0.25) is 5.91 Å². The van der Waals surface area contributed by atoms with Crippen LogP contribution in [0.3, 0.4) is 0 Å². The highest BCUT2D eigenvalue weighted by Gasteiger charge is 2.54. The summed E-state index contributed by atoms with van der Waals surface area (Å²) in [6.07, 6.45) is 9.41. The number of halogens is 1. The molecule has 6 nitrogen and oxygen atoms in total. The largest absolute Gasteiger partial charge is 0.322 e. The number of amides is 2. The number of anilines is 2. The highest BCUT2D eigenvalue weighted by atomic mass is 19.1. The molecule has 1 fully saturated rings. The van der Waals surface area contributed by atoms with Crippen molar-refractivity contribution in [1.29, 1.82) is 0 Å². The van der Waals surface area contributed by atoms with Crippen LogP contribution < -0.4 is 10.2 Å². The highest BCUT2D eigenvalue weighted by molar-refractivity contribution is 6.05. The Bertz CT molecular complexity index is 1360. The monoisotopic (exact) mass is 468 g/mol. The molecule has 3 aromatic rings. The maximum absolute atomic E-state index is 13.5. The molecule has 2 unspecified atom stereocenters. The van der Waals surface area contributed by atoms with Crippen molar-refractivity contribution >= 4 is 23.3 Å². The first-order chi connectivity index (χ1) is 16.8. The average molecular weight is 469 g/mol. The number of pyridine rings is 2. The van der Waals surface area contributed by atoms with E-state index in [4.69, 9.17) is 0 Å². The zero-order valence-corrected chi connectivity index (χ0v) is 19.7. The zero-order chi connectivity index (χ0) is 24.7. The van der Waals surface area contributed by atoms with Crippen LogP contribution in [0.1, 0.15) is 41.4 Å². The fraction of sp³-hybridized carbons (Fsp3) is 0.214. The predicted octanol–water partition coefficient (Wildman–Crippen LogP) is 5.40. The predicted molar refractivity (Wildman–Crippen MR) is 132 cm³/mol. The lowest BCUT2D eigenvalue weighted by atomic mass is 9.69. The summed E-state index contributed by atoms with van der Waals surface area (Å²) in [4.78, 5) is 37.2. The number of fused-ring (bicyclic) bond motifs is 1. The number of nitrogens with zero attached hydrogens (tertiary/aromatic N) is 3. The van der Waals surface area contributed by atoms with Crippen molar-refractivity contribution in [1.82, 2.24) is 9.97 Å². The van der Waals surface area contributed by atoms with E-state index < -0.39 is 5.41 Å². The molecule has 176 valence electrons. The van der Waals surface area contributed by atoms with Gasteiger partial charge in [0, 0.05) is 41.3 Å². The van der Waals surface area contributed by atoms with Gasteiger partial charge in [-0.3, -0.25) is 19.5 Å². The molecule has 2 atom stereocenters. The van der Waals surface area contributed by atoms with Gasteiger partial charge in [0.05, 0.1) is 11.0 Å². The van der Waals surface area contributed by atoms with Crippen molar-refractivity contribution < 1.29 is 14.0 Å². The second-order valence-electron chi connectivity index (χ2n) is 9.39. The van der Waals surface area contributed by atoms with E-state index in [2.05, 4.69) is 21.4 Å². The van der Waals surface area contributed by atoms with Crippen LogP contribution in [0.4, 0.5) is 15.9 Å². The number of aryl methyl sites for hydroxylation is 1. The lowest BCUT2D eigenvalue weighted by Gasteiger charge is -2.32. The van der Waals surface area contributed by atoms with Gasteiger partial charge in [-0.1, -0.05) is 32.1 Å². The molecule has 1 aliphatic carbocycles. The van der Waals surface area contributed by atoms with E-state index in [0.29, 0.717) is 22.8 Å². The smallest absolute Gasteiger partial charge is 0.257 e.